The zero-order chi connectivity index (χ0) is 16.6. The molecule has 2 aliphatic rings. The summed E-state index contributed by atoms with van der Waals surface area (Å²) >= 11 is 0. The molecule has 1 aromatic carbocycles. The molecule has 1 aromatic rings. The van der Waals surface area contributed by atoms with Gasteiger partial charge in [-0.1, -0.05) is 30.3 Å². The Morgan fingerprint density at radius 3 is 2.81 bits per heavy atom. The van der Waals surface area contributed by atoms with Crippen LogP contribution in [0.2, 0.25) is 0 Å². The predicted molar refractivity (Wildman–Crippen MR) is 109 cm³/mol. The van der Waals surface area contributed by atoms with Crippen LogP contribution in [0.1, 0.15) is 18.4 Å². The van der Waals surface area contributed by atoms with Crippen LogP contribution in [0.25, 0.3) is 0 Å². The largest absolute Gasteiger partial charge is 0.378 e. The highest BCUT2D eigenvalue weighted by Gasteiger charge is 2.23. The van der Waals surface area contributed by atoms with Crippen LogP contribution in [0.15, 0.2) is 30.3 Å². The minimum atomic E-state index is 0. The van der Waals surface area contributed by atoms with E-state index < -0.39 is 0 Å². The van der Waals surface area contributed by atoms with Gasteiger partial charge in [0, 0.05) is 38.6 Å². The molecule has 0 saturated carbocycles. The summed E-state index contributed by atoms with van der Waals surface area (Å²) in [5, 5.41) is 6.43. The topological polar surface area (TPSA) is 53.6 Å². The number of hydrogen-bond donors (Lipinski definition) is 2. The van der Waals surface area contributed by atoms with E-state index in [-0.39, 0.29) is 36.8 Å². The van der Waals surface area contributed by atoms with E-state index in [1.54, 1.807) is 0 Å². The number of carbonyl (C=O) groups excluding carboxylic acids is 1. The van der Waals surface area contributed by atoms with Crippen LogP contribution in [-0.4, -0.2) is 62.8 Å². The molecule has 5 nitrogen and oxygen atoms in total. The molecule has 1 amide bonds. The Labute approximate surface area is 169 Å². The van der Waals surface area contributed by atoms with Crippen LogP contribution >= 0.6 is 24.8 Å². The van der Waals surface area contributed by atoms with Crippen molar-refractivity contribution in [3.63, 3.8) is 0 Å². The number of ether oxygens (including phenoxy) is 1. The fourth-order valence-electron chi connectivity index (χ4n) is 3.52. The number of benzene rings is 1. The Morgan fingerprint density at radius 2 is 2.08 bits per heavy atom. The zero-order valence-electron chi connectivity index (χ0n) is 15.2. The number of nitrogens with one attached hydrogen (secondary N) is 2. The van der Waals surface area contributed by atoms with Gasteiger partial charge in [0.05, 0.1) is 13.2 Å². The summed E-state index contributed by atoms with van der Waals surface area (Å²) < 4.78 is 5.39. The van der Waals surface area contributed by atoms with Crippen molar-refractivity contribution in [3.8, 4) is 0 Å². The number of likely N-dealkylation sites (tertiary alicyclic amines) is 1. The summed E-state index contributed by atoms with van der Waals surface area (Å²) in [6.07, 6.45) is 2.80. The van der Waals surface area contributed by atoms with Crippen LogP contribution < -0.4 is 10.6 Å². The lowest BCUT2D eigenvalue weighted by Gasteiger charge is -2.23. The minimum Gasteiger partial charge on any atom is -0.378 e. The quantitative estimate of drug-likeness (QED) is 0.729. The number of halogens is 2. The third-order valence-corrected chi connectivity index (χ3v) is 4.95. The Kier molecular flexibility index (Phi) is 11.2. The minimum absolute atomic E-state index is 0. The highest BCUT2D eigenvalue weighted by atomic mass is 35.5. The van der Waals surface area contributed by atoms with Gasteiger partial charge < -0.3 is 20.3 Å². The van der Waals surface area contributed by atoms with E-state index in [1.807, 2.05) is 0 Å². The molecule has 0 bridgehead atoms. The van der Waals surface area contributed by atoms with Gasteiger partial charge in [-0.05, 0) is 30.9 Å². The van der Waals surface area contributed by atoms with Crippen LogP contribution in [0.4, 0.5) is 0 Å². The van der Waals surface area contributed by atoms with Crippen molar-refractivity contribution in [2.24, 2.45) is 5.92 Å². The maximum atomic E-state index is 12.0. The van der Waals surface area contributed by atoms with Gasteiger partial charge in [0.25, 0.3) is 0 Å². The first-order valence-electron chi connectivity index (χ1n) is 9.13. The summed E-state index contributed by atoms with van der Waals surface area (Å²) in [7, 11) is 0. The summed E-state index contributed by atoms with van der Waals surface area (Å²) in [5.41, 5.74) is 1.40. The number of amides is 1. The molecule has 0 aromatic heterocycles. The molecular weight excluding hydrogens is 373 g/mol. The van der Waals surface area contributed by atoms with E-state index in [4.69, 9.17) is 4.74 Å². The number of rotatable bonds is 7. The first-order chi connectivity index (χ1) is 11.8. The average Bonchev–Trinajstić information content (AvgIpc) is 3.08. The molecule has 2 heterocycles. The molecule has 3 rings (SSSR count). The molecule has 2 N–H and O–H groups in total. The lowest BCUT2D eigenvalue weighted by Crippen LogP contribution is -2.44. The van der Waals surface area contributed by atoms with Gasteiger partial charge in [0.2, 0.25) is 5.91 Å². The maximum absolute atomic E-state index is 12.0. The van der Waals surface area contributed by atoms with Gasteiger partial charge >= 0.3 is 0 Å². The Morgan fingerprint density at radius 1 is 1.27 bits per heavy atom. The first kappa shape index (κ1) is 23.2. The van der Waals surface area contributed by atoms with Crippen LogP contribution in [0, 0.1) is 5.92 Å². The molecule has 148 valence electrons. The summed E-state index contributed by atoms with van der Waals surface area (Å²) in [4.78, 5) is 14.6. The monoisotopic (exact) mass is 403 g/mol. The zero-order valence-corrected chi connectivity index (χ0v) is 16.8. The number of morpholine rings is 1. The molecule has 2 aliphatic heterocycles. The van der Waals surface area contributed by atoms with Crippen molar-refractivity contribution in [1.29, 1.82) is 0 Å². The van der Waals surface area contributed by atoms with E-state index >= 15 is 0 Å². The molecule has 2 unspecified atom stereocenters. The second-order valence-corrected chi connectivity index (χ2v) is 6.93. The standard InChI is InChI=1S/C19H29N3O2.2ClH/c23-19(12-18-15-24-11-8-20-18)21-13-17-7-10-22(14-17)9-6-16-4-2-1-3-5-16;;/h1-5,17-18,20H,6-15H2,(H,21,23);2*1H. The van der Waals surface area contributed by atoms with E-state index in [0.717, 1.165) is 45.8 Å². The molecule has 2 saturated heterocycles. The second-order valence-electron chi connectivity index (χ2n) is 6.93. The van der Waals surface area contributed by atoms with Crippen molar-refractivity contribution in [1.82, 2.24) is 15.5 Å². The molecule has 0 spiro atoms. The van der Waals surface area contributed by atoms with Crippen molar-refractivity contribution >= 4 is 30.7 Å². The van der Waals surface area contributed by atoms with Crippen LogP contribution in [0.5, 0.6) is 0 Å². The van der Waals surface area contributed by atoms with Gasteiger partial charge in [0.1, 0.15) is 0 Å². The number of nitrogens with zero attached hydrogens (tertiary/aromatic N) is 1. The number of hydrogen-bond acceptors (Lipinski definition) is 4. The second kappa shape index (κ2) is 12.5. The van der Waals surface area contributed by atoms with Gasteiger partial charge in [-0.2, -0.15) is 0 Å². The molecule has 0 radical (unpaired) electrons. The van der Waals surface area contributed by atoms with Gasteiger partial charge in [-0.15, -0.1) is 24.8 Å². The first-order valence-corrected chi connectivity index (χ1v) is 9.13. The Balaban J connectivity index is 0.00000169. The molecule has 26 heavy (non-hydrogen) atoms. The Hall–Kier alpha value is -0.850. The molecular formula is C19H31Cl2N3O2. The third-order valence-electron chi connectivity index (χ3n) is 4.95. The summed E-state index contributed by atoms with van der Waals surface area (Å²) in [6.45, 7) is 6.38. The van der Waals surface area contributed by atoms with Crippen molar-refractivity contribution < 1.29 is 9.53 Å². The normalized spacial score (nSPS) is 22.9. The summed E-state index contributed by atoms with van der Waals surface area (Å²) in [6, 6.07) is 10.8. The van der Waals surface area contributed by atoms with Gasteiger partial charge in [-0.25, -0.2) is 0 Å². The fourth-order valence-corrected chi connectivity index (χ4v) is 3.52. The van der Waals surface area contributed by atoms with Crippen molar-refractivity contribution in [2.75, 3.05) is 45.9 Å². The lowest BCUT2D eigenvalue weighted by atomic mass is 10.1. The number of carbonyl (C=O) groups is 1. The smallest absolute Gasteiger partial charge is 0.221 e. The summed E-state index contributed by atoms with van der Waals surface area (Å²) in [5.74, 6) is 0.723. The SMILES string of the molecule is Cl.Cl.O=C(CC1COCCN1)NCC1CCN(CCc2ccccc2)C1. The predicted octanol–water partition coefficient (Wildman–Crippen LogP) is 1.89. The van der Waals surface area contributed by atoms with E-state index in [1.165, 1.54) is 12.0 Å². The van der Waals surface area contributed by atoms with E-state index in [2.05, 4.69) is 45.9 Å². The maximum Gasteiger partial charge on any atom is 0.221 e. The molecule has 7 heteroatoms. The molecule has 0 aliphatic carbocycles. The fraction of sp³-hybridized carbons (Fsp3) is 0.632. The van der Waals surface area contributed by atoms with Crippen molar-refractivity contribution in [3.05, 3.63) is 35.9 Å². The Bertz CT molecular complexity index is 513. The lowest BCUT2D eigenvalue weighted by molar-refractivity contribution is -0.122. The molecule has 2 fully saturated rings. The molecule has 2 atom stereocenters. The van der Waals surface area contributed by atoms with E-state index in [0.29, 0.717) is 18.9 Å². The third kappa shape index (κ3) is 7.80. The highest BCUT2D eigenvalue weighted by molar-refractivity contribution is 5.85. The highest BCUT2D eigenvalue weighted by Crippen LogP contribution is 2.16. The van der Waals surface area contributed by atoms with Crippen molar-refractivity contribution in [2.45, 2.75) is 25.3 Å². The average molecular weight is 404 g/mol. The van der Waals surface area contributed by atoms with E-state index in [9.17, 15) is 4.79 Å². The van der Waals surface area contributed by atoms with Crippen LogP contribution in [0.3, 0.4) is 0 Å². The van der Waals surface area contributed by atoms with Gasteiger partial charge in [-0.3, -0.25) is 4.79 Å². The van der Waals surface area contributed by atoms with Crippen LogP contribution in [-0.2, 0) is 16.0 Å². The van der Waals surface area contributed by atoms with Gasteiger partial charge in [0.15, 0.2) is 0 Å².